The maximum Gasteiger partial charge on any atom is 0.220 e. The van der Waals surface area contributed by atoms with Crippen LogP contribution in [0.3, 0.4) is 0 Å². The fourth-order valence-corrected chi connectivity index (χ4v) is 3.72. The van der Waals surface area contributed by atoms with Crippen LogP contribution in [-0.4, -0.2) is 23.5 Å². The summed E-state index contributed by atoms with van der Waals surface area (Å²) in [5, 5.41) is 2.90. The van der Waals surface area contributed by atoms with E-state index in [0.717, 1.165) is 35.1 Å². The number of nitrogens with one attached hydrogen (secondary N) is 1. The van der Waals surface area contributed by atoms with E-state index in [-0.39, 0.29) is 36.4 Å². The fraction of sp³-hybridized carbons (Fsp3) is 0.476. The second kappa shape index (κ2) is 6.84. The smallest absolute Gasteiger partial charge is 0.220 e. The van der Waals surface area contributed by atoms with Crippen molar-refractivity contribution in [3.63, 3.8) is 0 Å². The molecule has 1 amide bonds. The first-order chi connectivity index (χ1) is 11.9. The highest BCUT2D eigenvalue weighted by Gasteiger charge is 2.44. The Balaban J connectivity index is 1.82. The lowest BCUT2D eigenvalue weighted by molar-refractivity contribution is -0.128. The molecule has 0 heterocycles. The van der Waals surface area contributed by atoms with Crippen LogP contribution in [0, 0.1) is 31.6 Å². The van der Waals surface area contributed by atoms with Crippen molar-refractivity contribution in [2.75, 3.05) is 0 Å². The fourth-order valence-electron chi connectivity index (χ4n) is 3.72. The van der Waals surface area contributed by atoms with Crippen molar-refractivity contribution in [3.8, 4) is 11.8 Å². The lowest BCUT2D eigenvalue weighted by atomic mass is 9.86. The van der Waals surface area contributed by atoms with E-state index in [1.165, 1.54) is 0 Å². The van der Waals surface area contributed by atoms with Gasteiger partial charge in [-0.1, -0.05) is 5.92 Å². The zero-order valence-electron chi connectivity index (χ0n) is 14.9. The zero-order chi connectivity index (χ0) is 18.1. The standard InChI is InChI=1S/C21H23NO3/c1-4-5-14-8-12(2)19(13(3)9-14)20-17(23)10-15(21(20)25)11-18(24)22-16-6-7-16/h8-9,15-16,20H,6-7,10-11H2,1-3H3,(H,22,24). The average molecular weight is 337 g/mol. The highest BCUT2D eigenvalue weighted by Crippen LogP contribution is 2.37. The Morgan fingerprint density at radius 1 is 1.20 bits per heavy atom. The number of ketones is 2. The zero-order valence-corrected chi connectivity index (χ0v) is 14.9. The van der Waals surface area contributed by atoms with Crippen LogP contribution in [0.15, 0.2) is 12.1 Å². The van der Waals surface area contributed by atoms with E-state index in [4.69, 9.17) is 0 Å². The lowest BCUT2D eigenvalue weighted by Gasteiger charge is -2.16. The van der Waals surface area contributed by atoms with Gasteiger partial charge in [-0.25, -0.2) is 0 Å². The van der Waals surface area contributed by atoms with Gasteiger partial charge in [-0.3, -0.25) is 14.4 Å². The Kier molecular flexibility index (Phi) is 4.76. The van der Waals surface area contributed by atoms with E-state index in [0.29, 0.717) is 0 Å². The van der Waals surface area contributed by atoms with Crippen molar-refractivity contribution >= 4 is 17.5 Å². The summed E-state index contributed by atoms with van der Waals surface area (Å²) in [5.74, 6) is 4.35. The quantitative estimate of drug-likeness (QED) is 0.678. The molecule has 1 N–H and O–H groups in total. The number of carbonyl (C=O) groups is 3. The van der Waals surface area contributed by atoms with Gasteiger partial charge in [0.2, 0.25) is 5.91 Å². The van der Waals surface area contributed by atoms with Crippen molar-refractivity contribution in [1.29, 1.82) is 0 Å². The molecular weight excluding hydrogens is 314 g/mol. The number of Topliss-reactive ketones (excluding diaryl/α,β-unsaturated/α-hetero) is 2. The molecule has 0 saturated heterocycles. The summed E-state index contributed by atoms with van der Waals surface area (Å²) >= 11 is 0. The summed E-state index contributed by atoms with van der Waals surface area (Å²) < 4.78 is 0. The van der Waals surface area contributed by atoms with Gasteiger partial charge < -0.3 is 5.32 Å². The predicted octanol–water partition coefficient (Wildman–Crippen LogP) is 2.59. The summed E-state index contributed by atoms with van der Waals surface area (Å²) in [5.41, 5.74) is 3.50. The van der Waals surface area contributed by atoms with Crippen LogP contribution >= 0.6 is 0 Å². The molecule has 0 aromatic heterocycles. The molecular formula is C21H23NO3. The number of rotatable bonds is 4. The SMILES string of the molecule is CC#Cc1cc(C)c(C2C(=O)CC(CC(=O)NC3CC3)C2=O)c(C)c1. The van der Waals surface area contributed by atoms with Crippen LogP contribution in [-0.2, 0) is 14.4 Å². The third-order valence-electron chi connectivity index (χ3n) is 4.98. The predicted molar refractivity (Wildman–Crippen MR) is 95.1 cm³/mol. The number of amides is 1. The molecule has 2 saturated carbocycles. The molecule has 2 aliphatic rings. The normalized spacial score (nSPS) is 22.5. The molecule has 0 bridgehead atoms. The van der Waals surface area contributed by atoms with Gasteiger partial charge >= 0.3 is 0 Å². The van der Waals surface area contributed by atoms with Gasteiger partial charge in [0.05, 0.1) is 0 Å². The molecule has 3 rings (SSSR count). The van der Waals surface area contributed by atoms with E-state index >= 15 is 0 Å². The Morgan fingerprint density at radius 2 is 1.84 bits per heavy atom. The van der Waals surface area contributed by atoms with E-state index in [1.54, 1.807) is 6.92 Å². The van der Waals surface area contributed by atoms with Crippen LogP contribution in [0.25, 0.3) is 0 Å². The van der Waals surface area contributed by atoms with Crippen LogP contribution in [0.4, 0.5) is 0 Å². The van der Waals surface area contributed by atoms with Gasteiger partial charge in [-0.05, 0) is 62.4 Å². The first-order valence-corrected chi connectivity index (χ1v) is 8.80. The lowest BCUT2D eigenvalue weighted by Crippen LogP contribution is -2.29. The number of benzene rings is 1. The highest BCUT2D eigenvalue weighted by molar-refractivity contribution is 6.15. The second-order valence-electron chi connectivity index (χ2n) is 7.15. The number of aryl methyl sites for hydroxylation is 2. The van der Waals surface area contributed by atoms with Gasteiger partial charge in [0.25, 0.3) is 0 Å². The summed E-state index contributed by atoms with van der Waals surface area (Å²) in [7, 11) is 0. The molecule has 1 aromatic carbocycles. The van der Waals surface area contributed by atoms with Crippen molar-refractivity contribution < 1.29 is 14.4 Å². The average Bonchev–Trinajstić information content (AvgIpc) is 3.29. The molecule has 0 aliphatic heterocycles. The number of hydrogen-bond donors (Lipinski definition) is 1. The van der Waals surface area contributed by atoms with Gasteiger partial charge in [0, 0.05) is 30.4 Å². The number of carbonyl (C=O) groups excluding carboxylic acids is 3. The van der Waals surface area contributed by atoms with Crippen molar-refractivity contribution in [2.45, 2.75) is 58.4 Å². The van der Waals surface area contributed by atoms with Gasteiger partial charge in [0.15, 0.2) is 5.78 Å². The Bertz CT molecular complexity index is 785. The van der Waals surface area contributed by atoms with Crippen LogP contribution in [0.1, 0.15) is 60.8 Å². The Labute approximate surface area is 148 Å². The molecule has 1 aromatic rings. The molecule has 25 heavy (non-hydrogen) atoms. The third kappa shape index (κ3) is 3.66. The summed E-state index contributed by atoms with van der Waals surface area (Å²) in [6.07, 6.45) is 2.31. The molecule has 130 valence electrons. The van der Waals surface area contributed by atoms with Gasteiger partial charge in [-0.15, -0.1) is 5.92 Å². The van der Waals surface area contributed by atoms with Crippen LogP contribution < -0.4 is 5.32 Å². The maximum absolute atomic E-state index is 12.8. The number of hydrogen-bond acceptors (Lipinski definition) is 3. The van der Waals surface area contributed by atoms with Gasteiger partial charge in [0.1, 0.15) is 11.7 Å². The molecule has 0 spiro atoms. The molecule has 0 radical (unpaired) electrons. The monoisotopic (exact) mass is 337 g/mol. The topological polar surface area (TPSA) is 63.2 Å². The molecule has 2 fully saturated rings. The van der Waals surface area contributed by atoms with E-state index in [9.17, 15) is 14.4 Å². The van der Waals surface area contributed by atoms with E-state index in [1.807, 2.05) is 26.0 Å². The molecule has 2 aliphatic carbocycles. The molecule has 4 nitrogen and oxygen atoms in total. The Morgan fingerprint density at radius 3 is 2.40 bits per heavy atom. The van der Waals surface area contributed by atoms with Crippen molar-refractivity contribution in [1.82, 2.24) is 5.32 Å². The summed E-state index contributed by atoms with van der Waals surface area (Å²) in [6, 6.07) is 4.12. The third-order valence-corrected chi connectivity index (χ3v) is 4.98. The van der Waals surface area contributed by atoms with E-state index < -0.39 is 11.8 Å². The van der Waals surface area contributed by atoms with Crippen LogP contribution in [0.5, 0.6) is 0 Å². The summed E-state index contributed by atoms with van der Waals surface area (Å²) in [4.78, 5) is 37.4. The largest absolute Gasteiger partial charge is 0.353 e. The van der Waals surface area contributed by atoms with Crippen molar-refractivity contribution in [2.24, 2.45) is 5.92 Å². The maximum atomic E-state index is 12.8. The van der Waals surface area contributed by atoms with Crippen LogP contribution in [0.2, 0.25) is 0 Å². The van der Waals surface area contributed by atoms with E-state index in [2.05, 4.69) is 17.2 Å². The minimum absolute atomic E-state index is 0.0743. The first kappa shape index (κ1) is 17.4. The molecule has 2 atom stereocenters. The first-order valence-electron chi connectivity index (χ1n) is 8.80. The Hall–Kier alpha value is -2.41. The molecule has 4 heteroatoms. The molecule has 2 unspecified atom stereocenters. The summed E-state index contributed by atoms with van der Waals surface area (Å²) in [6.45, 7) is 5.60. The van der Waals surface area contributed by atoms with Gasteiger partial charge in [-0.2, -0.15) is 0 Å². The minimum atomic E-state index is -0.734. The second-order valence-corrected chi connectivity index (χ2v) is 7.15. The van der Waals surface area contributed by atoms with Crippen molar-refractivity contribution in [3.05, 3.63) is 34.4 Å². The minimum Gasteiger partial charge on any atom is -0.353 e. The highest BCUT2D eigenvalue weighted by atomic mass is 16.2.